The summed E-state index contributed by atoms with van der Waals surface area (Å²) >= 11 is 0. The highest BCUT2D eigenvalue weighted by Crippen LogP contribution is 2.44. The minimum Gasteiger partial charge on any atom is -0.480 e. The number of alkyl carbamates (subject to hydrolysis) is 1. The van der Waals surface area contributed by atoms with E-state index in [1.54, 1.807) is 0 Å². The molecule has 0 bridgehead atoms. The van der Waals surface area contributed by atoms with Gasteiger partial charge >= 0.3 is 12.1 Å². The lowest BCUT2D eigenvalue weighted by atomic mass is 9.77. The van der Waals surface area contributed by atoms with Crippen LogP contribution in [0.1, 0.15) is 49.1 Å². The molecule has 2 aromatic rings. The maximum absolute atomic E-state index is 13.0. The van der Waals surface area contributed by atoms with Gasteiger partial charge in [0.25, 0.3) is 0 Å². The van der Waals surface area contributed by atoms with Crippen LogP contribution in [0.4, 0.5) is 4.79 Å². The second-order valence-corrected chi connectivity index (χ2v) is 9.53. The van der Waals surface area contributed by atoms with Crippen molar-refractivity contribution in [3.8, 4) is 11.1 Å². The highest BCUT2D eigenvalue weighted by molar-refractivity contribution is 5.87. The van der Waals surface area contributed by atoms with Crippen LogP contribution in [0, 0.1) is 11.8 Å². The van der Waals surface area contributed by atoms with Gasteiger partial charge in [-0.05, 0) is 47.4 Å². The SMILES string of the molecule is O=C(NC[C@@H]1CCCC[C@@H]1C(=O)N1CCC1C(=O)O)OCC1c2ccccc2-c2ccccc21. The lowest BCUT2D eigenvalue weighted by Gasteiger charge is -2.42. The number of ether oxygens (including phenoxy) is 1. The molecule has 5 rings (SSSR count). The molecule has 0 spiro atoms. The van der Waals surface area contributed by atoms with E-state index in [4.69, 9.17) is 4.74 Å². The summed E-state index contributed by atoms with van der Waals surface area (Å²) in [6.07, 6.45) is 3.55. The monoisotopic (exact) mass is 462 g/mol. The van der Waals surface area contributed by atoms with E-state index in [0.29, 0.717) is 19.5 Å². The van der Waals surface area contributed by atoms with Crippen LogP contribution in [-0.2, 0) is 14.3 Å². The number of fused-ring (bicyclic) bond motifs is 3. The van der Waals surface area contributed by atoms with Crippen LogP contribution in [0.25, 0.3) is 11.1 Å². The van der Waals surface area contributed by atoms with E-state index in [2.05, 4.69) is 29.6 Å². The number of carboxylic acids is 1. The fourth-order valence-corrected chi connectivity index (χ4v) is 5.76. The summed E-state index contributed by atoms with van der Waals surface area (Å²) in [5, 5.41) is 12.2. The van der Waals surface area contributed by atoms with E-state index in [-0.39, 0.29) is 30.3 Å². The number of nitrogens with one attached hydrogen (secondary N) is 1. The van der Waals surface area contributed by atoms with Crippen molar-refractivity contribution in [2.45, 2.75) is 44.1 Å². The topological polar surface area (TPSA) is 95.9 Å². The molecule has 3 atom stereocenters. The van der Waals surface area contributed by atoms with E-state index < -0.39 is 18.1 Å². The first-order chi connectivity index (χ1) is 16.5. The zero-order valence-corrected chi connectivity index (χ0v) is 19.1. The minimum absolute atomic E-state index is 0.00141. The number of aliphatic carboxylic acids is 1. The molecule has 0 aromatic heterocycles. The Kier molecular flexibility index (Phi) is 6.26. The number of rotatable bonds is 6. The standard InChI is InChI=1S/C27H30N2O5/c30-25(29-14-13-24(29)26(31)32)18-8-2-1-7-17(18)15-28-27(33)34-16-23-21-11-5-3-9-19(21)20-10-4-6-12-22(20)23/h3-6,9-12,17-18,23-24H,1-2,7-8,13-16H2,(H,28,33)(H,31,32)/t17-,18-,24?/m0/s1. The third-order valence-corrected chi connectivity index (χ3v) is 7.67. The van der Waals surface area contributed by atoms with Gasteiger partial charge in [0.15, 0.2) is 0 Å². The molecule has 2 amide bonds. The van der Waals surface area contributed by atoms with Gasteiger partial charge in [-0.25, -0.2) is 9.59 Å². The van der Waals surface area contributed by atoms with E-state index >= 15 is 0 Å². The third-order valence-electron chi connectivity index (χ3n) is 7.67. The molecule has 2 aromatic carbocycles. The number of likely N-dealkylation sites (tertiary alicyclic amines) is 1. The normalized spacial score (nSPS) is 23.4. The number of carbonyl (C=O) groups is 3. The van der Waals surface area contributed by atoms with Gasteiger partial charge in [0, 0.05) is 24.9 Å². The number of amides is 2. The second kappa shape index (κ2) is 9.49. The van der Waals surface area contributed by atoms with Crippen molar-refractivity contribution < 1.29 is 24.2 Å². The van der Waals surface area contributed by atoms with Crippen LogP contribution in [-0.4, -0.2) is 53.7 Å². The van der Waals surface area contributed by atoms with Crippen molar-refractivity contribution in [1.82, 2.24) is 10.2 Å². The highest BCUT2D eigenvalue weighted by atomic mass is 16.5. The molecular weight excluding hydrogens is 432 g/mol. The summed E-state index contributed by atoms with van der Waals surface area (Å²) in [6, 6.07) is 15.7. The Bertz CT molecular complexity index is 1050. The molecule has 34 heavy (non-hydrogen) atoms. The van der Waals surface area contributed by atoms with E-state index in [1.165, 1.54) is 16.0 Å². The number of carbonyl (C=O) groups excluding carboxylic acids is 2. The number of hydrogen-bond acceptors (Lipinski definition) is 4. The Morgan fingerprint density at radius 2 is 1.59 bits per heavy atom. The molecule has 7 heteroatoms. The molecule has 7 nitrogen and oxygen atoms in total. The van der Waals surface area contributed by atoms with E-state index in [0.717, 1.165) is 36.8 Å². The Morgan fingerprint density at radius 3 is 2.21 bits per heavy atom. The van der Waals surface area contributed by atoms with Gasteiger partial charge in [0.05, 0.1) is 0 Å². The molecular formula is C27H30N2O5. The largest absolute Gasteiger partial charge is 0.480 e. The Balaban J connectivity index is 1.18. The molecule has 1 saturated heterocycles. The van der Waals surface area contributed by atoms with Crippen molar-refractivity contribution in [3.05, 3.63) is 59.7 Å². The van der Waals surface area contributed by atoms with Gasteiger partial charge in [-0.3, -0.25) is 4.79 Å². The summed E-state index contributed by atoms with van der Waals surface area (Å²) in [5.74, 6) is -1.27. The minimum atomic E-state index is -0.941. The fourth-order valence-electron chi connectivity index (χ4n) is 5.76. The summed E-state index contributed by atoms with van der Waals surface area (Å²) in [5.41, 5.74) is 4.69. The third kappa shape index (κ3) is 4.15. The van der Waals surface area contributed by atoms with Gasteiger partial charge in [-0.15, -0.1) is 0 Å². The van der Waals surface area contributed by atoms with Gasteiger partial charge in [0.1, 0.15) is 12.6 Å². The molecule has 178 valence electrons. The van der Waals surface area contributed by atoms with Crippen LogP contribution < -0.4 is 5.32 Å². The number of nitrogens with zero attached hydrogens (tertiary/aromatic N) is 1. The quantitative estimate of drug-likeness (QED) is 0.676. The molecule has 1 saturated carbocycles. The van der Waals surface area contributed by atoms with Crippen LogP contribution >= 0.6 is 0 Å². The Labute approximate surface area is 199 Å². The van der Waals surface area contributed by atoms with E-state index in [9.17, 15) is 19.5 Å². The number of hydrogen-bond donors (Lipinski definition) is 2. The first-order valence-electron chi connectivity index (χ1n) is 12.2. The molecule has 1 aliphatic heterocycles. The predicted molar refractivity (Wildman–Crippen MR) is 126 cm³/mol. The van der Waals surface area contributed by atoms with Crippen LogP contribution in [0.2, 0.25) is 0 Å². The van der Waals surface area contributed by atoms with Crippen molar-refractivity contribution >= 4 is 18.0 Å². The van der Waals surface area contributed by atoms with Gasteiger partial charge < -0.3 is 20.1 Å². The maximum Gasteiger partial charge on any atom is 0.407 e. The zero-order chi connectivity index (χ0) is 23.7. The second-order valence-electron chi connectivity index (χ2n) is 9.53. The molecule has 2 N–H and O–H groups in total. The first-order valence-corrected chi connectivity index (χ1v) is 12.2. The van der Waals surface area contributed by atoms with Gasteiger partial charge in [-0.1, -0.05) is 61.4 Å². The van der Waals surface area contributed by atoms with Crippen molar-refractivity contribution in [1.29, 1.82) is 0 Å². The van der Waals surface area contributed by atoms with Gasteiger partial charge in [-0.2, -0.15) is 0 Å². The average molecular weight is 463 g/mol. The summed E-state index contributed by atoms with van der Waals surface area (Å²) in [7, 11) is 0. The summed E-state index contributed by atoms with van der Waals surface area (Å²) in [4.78, 5) is 38.4. The Morgan fingerprint density at radius 1 is 0.941 bits per heavy atom. The average Bonchev–Trinajstić information content (AvgIpc) is 3.14. The molecule has 1 unspecified atom stereocenters. The molecule has 2 aliphatic carbocycles. The van der Waals surface area contributed by atoms with Gasteiger partial charge in [0.2, 0.25) is 5.91 Å². The van der Waals surface area contributed by atoms with E-state index in [1.807, 2.05) is 24.3 Å². The lowest BCUT2D eigenvalue weighted by molar-refractivity contribution is -0.160. The highest BCUT2D eigenvalue weighted by Gasteiger charge is 2.43. The predicted octanol–water partition coefficient (Wildman–Crippen LogP) is 4.02. The lowest BCUT2D eigenvalue weighted by Crippen LogP contribution is -2.58. The fraction of sp³-hybridized carbons (Fsp3) is 0.444. The first kappa shape index (κ1) is 22.4. The Hall–Kier alpha value is -3.35. The van der Waals surface area contributed by atoms with Crippen molar-refractivity contribution in [2.75, 3.05) is 19.7 Å². The van der Waals surface area contributed by atoms with Crippen molar-refractivity contribution in [2.24, 2.45) is 11.8 Å². The number of carboxylic acid groups (broad SMARTS) is 1. The molecule has 0 radical (unpaired) electrons. The van der Waals surface area contributed by atoms with Crippen LogP contribution in [0.3, 0.4) is 0 Å². The molecule has 2 fully saturated rings. The van der Waals surface area contributed by atoms with Crippen LogP contribution in [0.15, 0.2) is 48.5 Å². The van der Waals surface area contributed by atoms with Crippen LogP contribution in [0.5, 0.6) is 0 Å². The summed E-state index contributed by atoms with van der Waals surface area (Å²) in [6.45, 7) is 1.11. The zero-order valence-electron chi connectivity index (χ0n) is 19.1. The maximum atomic E-state index is 13.0. The van der Waals surface area contributed by atoms with Crippen molar-refractivity contribution in [3.63, 3.8) is 0 Å². The number of benzene rings is 2. The summed E-state index contributed by atoms with van der Waals surface area (Å²) < 4.78 is 5.63. The molecule has 1 heterocycles. The smallest absolute Gasteiger partial charge is 0.407 e. The molecule has 3 aliphatic rings.